The molecule has 30 heavy (non-hydrogen) atoms. The number of carbonyl (C=O) groups excluding carboxylic acids is 2. The van der Waals surface area contributed by atoms with Crippen LogP contribution in [-0.2, 0) is 17.8 Å². The monoisotopic (exact) mass is 436 g/mol. The fraction of sp³-hybridized carbons (Fsp3) is 0.167. The Bertz CT molecular complexity index is 1070. The Hall–Kier alpha value is -2.76. The van der Waals surface area contributed by atoms with Crippen molar-refractivity contribution in [3.63, 3.8) is 0 Å². The molecule has 152 valence electrons. The predicted molar refractivity (Wildman–Crippen MR) is 122 cm³/mol. The second-order valence-corrected chi connectivity index (χ2v) is 8.47. The molecule has 0 fully saturated rings. The lowest BCUT2D eigenvalue weighted by atomic mass is 10.2. The molecular weight excluding hydrogens is 416 g/mol. The second kappa shape index (κ2) is 9.37. The number of benzene rings is 3. The van der Waals surface area contributed by atoms with Gasteiger partial charge in [-0.05, 0) is 47.9 Å². The summed E-state index contributed by atoms with van der Waals surface area (Å²) in [6.07, 6.45) is 0.885. The summed E-state index contributed by atoms with van der Waals surface area (Å²) in [5.41, 5.74) is 3.75. The van der Waals surface area contributed by atoms with Gasteiger partial charge in [-0.3, -0.25) is 9.59 Å². The third-order valence-corrected chi connectivity index (χ3v) is 6.35. The van der Waals surface area contributed by atoms with E-state index in [9.17, 15) is 9.59 Å². The number of para-hydroxylation sites is 1. The third-order valence-electron chi connectivity index (χ3n) is 5.04. The van der Waals surface area contributed by atoms with Crippen LogP contribution in [-0.4, -0.2) is 24.1 Å². The van der Waals surface area contributed by atoms with Crippen LogP contribution in [0.1, 0.15) is 21.5 Å². The fourth-order valence-corrected chi connectivity index (χ4v) is 4.53. The molecule has 0 atom stereocenters. The van der Waals surface area contributed by atoms with E-state index in [4.69, 9.17) is 11.6 Å². The lowest BCUT2D eigenvalue weighted by Crippen LogP contribution is -2.30. The molecule has 0 unspecified atom stereocenters. The number of nitrogens with one attached hydrogen (secondary N) is 1. The molecule has 3 aromatic carbocycles. The highest BCUT2D eigenvalue weighted by Gasteiger charge is 2.24. The SMILES string of the molecule is O=C(NCc1ccc(Cl)cc1)c1ccccc1SCC(=O)N1CCc2ccccc21. The van der Waals surface area contributed by atoms with Gasteiger partial charge < -0.3 is 10.2 Å². The van der Waals surface area contributed by atoms with Crippen molar-refractivity contribution in [1.29, 1.82) is 0 Å². The summed E-state index contributed by atoms with van der Waals surface area (Å²) in [7, 11) is 0. The van der Waals surface area contributed by atoms with E-state index < -0.39 is 0 Å². The molecule has 0 aliphatic carbocycles. The van der Waals surface area contributed by atoms with Gasteiger partial charge in [-0.25, -0.2) is 0 Å². The molecule has 3 aromatic rings. The minimum atomic E-state index is -0.160. The largest absolute Gasteiger partial charge is 0.348 e. The molecule has 0 aromatic heterocycles. The molecule has 1 heterocycles. The van der Waals surface area contributed by atoms with Crippen LogP contribution in [0.4, 0.5) is 5.69 Å². The number of anilines is 1. The van der Waals surface area contributed by atoms with Gasteiger partial charge >= 0.3 is 0 Å². The van der Waals surface area contributed by atoms with E-state index >= 15 is 0 Å². The zero-order valence-electron chi connectivity index (χ0n) is 16.3. The van der Waals surface area contributed by atoms with Crippen LogP contribution in [0.25, 0.3) is 0 Å². The van der Waals surface area contributed by atoms with Gasteiger partial charge in [0.1, 0.15) is 0 Å². The quantitative estimate of drug-likeness (QED) is 0.556. The van der Waals surface area contributed by atoms with Gasteiger partial charge in [0.05, 0.1) is 11.3 Å². The van der Waals surface area contributed by atoms with Gasteiger partial charge in [-0.2, -0.15) is 0 Å². The summed E-state index contributed by atoms with van der Waals surface area (Å²) in [4.78, 5) is 28.2. The van der Waals surface area contributed by atoms with Crippen molar-refractivity contribution < 1.29 is 9.59 Å². The van der Waals surface area contributed by atoms with Gasteiger partial charge in [0.2, 0.25) is 5.91 Å². The van der Waals surface area contributed by atoms with Crippen molar-refractivity contribution in [2.24, 2.45) is 0 Å². The van der Waals surface area contributed by atoms with E-state index in [1.54, 1.807) is 18.2 Å². The van der Waals surface area contributed by atoms with Gasteiger partial charge in [0.15, 0.2) is 0 Å². The van der Waals surface area contributed by atoms with E-state index in [-0.39, 0.29) is 17.6 Å². The van der Waals surface area contributed by atoms with Crippen molar-refractivity contribution >= 4 is 40.9 Å². The molecule has 4 rings (SSSR count). The van der Waals surface area contributed by atoms with Crippen molar-refractivity contribution in [3.05, 3.63) is 94.5 Å². The van der Waals surface area contributed by atoms with Crippen LogP contribution in [0.2, 0.25) is 5.02 Å². The number of halogens is 1. The van der Waals surface area contributed by atoms with Crippen LogP contribution in [0.5, 0.6) is 0 Å². The molecule has 0 bridgehead atoms. The highest BCUT2D eigenvalue weighted by molar-refractivity contribution is 8.00. The van der Waals surface area contributed by atoms with Crippen LogP contribution < -0.4 is 10.2 Å². The molecule has 2 amide bonds. The minimum absolute atomic E-state index is 0.0568. The Kier molecular flexibility index (Phi) is 6.41. The normalized spacial score (nSPS) is 12.5. The zero-order chi connectivity index (χ0) is 20.9. The van der Waals surface area contributed by atoms with Crippen molar-refractivity contribution in [2.45, 2.75) is 17.9 Å². The van der Waals surface area contributed by atoms with Gasteiger partial charge in [0.25, 0.3) is 5.91 Å². The number of carbonyl (C=O) groups is 2. The molecule has 6 heteroatoms. The average molecular weight is 437 g/mol. The summed E-state index contributed by atoms with van der Waals surface area (Å²) in [5, 5.41) is 3.60. The van der Waals surface area contributed by atoms with E-state index in [2.05, 4.69) is 11.4 Å². The highest BCUT2D eigenvalue weighted by atomic mass is 35.5. The molecule has 1 aliphatic rings. The lowest BCUT2D eigenvalue weighted by Gasteiger charge is -2.17. The second-order valence-electron chi connectivity index (χ2n) is 7.02. The van der Waals surface area contributed by atoms with Crippen LogP contribution in [0.15, 0.2) is 77.7 Å². The summed E-state index contributed by atoms with van der Waals surface area (Å²) in [6.45, 7) is 1.13. The standard InChI is InChI=1S/C24H21ClN2O2S/c25-19-11-9-17(10-12-19)15-26-24(29)20-6-2-4-8-22(20)30-16-23(28)27-14-13-18-5-1-3-7-21(18)27/h1-12H,13-16H2,(H,26,29). The molecule has 0 spiro atoms. The number of hydrogen-bond donors (Lipinski definition) is 1. The van der Waals surface area contributed by atoms with Crippen molar-refractivity contribution in [3.8, 4) is 0 Å². The third kappa shape index (κ3) is 4.69. The summed E-state index contributed by atoms with van der Waals surface area (Å²) in [5.74, 6) is 0.184. The molecule has 0 saturated carbocycles. The predicted octanol–water partition coefficient (Wildman–Crippen LogP) is 4.95. The average Bonchev–Trinajstić information content (AvgIpc) is 3.21. The van der Waals surface area contributed by atoms with Gasteiger partial charge in [0, 0.05) is 28.7 Å². The summed E-state index contributed by atoms with van der Waals surface area (Å²) < 4.78 is 0. The van der Waals surface area contributed by atoms with E-state index in [0.29, 0.717) is 23.7 Å². The Balaban J connectivity index is 1.39. The lowest BCUT2D eigenvalue weighted by molar-refractivity contribution is -0.116. The van der Waals surface area contributed by atoms with Crippen LogP contribution in [0, 0.1) is 0 Å². The summed E-state index contributed by atoms with van der Waals surface area (Å²) >= 11 is 7.30. The Labute approximate surface area is 185 Å². The Morgan fingerprint density at radius 3 is 2.53 bits per heavy atom. The smallest absolute Gasteiger partial charge is 0.252 e. The topological polar surface area (TPSA) is 49.4 Å². The number of thioether (sulfide) groups is 1. The Morgan fingerprint density at radius 1 is 0.967 bits per heavy atom. The number of nitrogens with zero attached hydrogens (tertiary/aromatic N) is 1. The van der Waals surface area contributed by atoms with Gasteiger partial charge in [-0.15, -0.1) is 11.8 Å². The molecule has 0 radical (unpaired) electrons. The van der Waals surface area contributed by atoms with E-state index in [1.807, 2.05) is 53.4 Å². The fourth-order valence-electron chi connectivity index (χ4n) is 3.47. The Morgan fingerprint density at radius 2 is 1.70 bits per heavy atom. The molecule has 1 aliphatic heterocycles. The highest BCUT2D eigenvalue weighted by Crippen LogP contribution is 2.29. The first kappa shape index (κ1) is 20.5. The van der Waals surface area contributed by atoms with Crippen LogP contribution >= 0.6 is 23.4 Å². The number of hydrogen-bond acceptors (Lipinski definition) is 3. The molecule has 4 nitrogen and oxygen atoms in total. The summed E-state index contributed by atoms with van der Waals surface area (Å²) in [6, 6.07) is 22.8. The van der Waals surface area contributed by atoms with Crippen molar-refractivity contribution in [1.82, 2.24) is 5.32 Å². The molecule has 1 N–H and O–H groups in total. The maximum absolute atomic E-state index is 12.8. The van der Waals surface area contributed by atoms with Crippen molar-refractivity contribution in [2.75, 3.05) is 17.2 Å². The number of fused-ring (bicyclic) bond motifs is 1. The zero-order valence-corrected chi connectivity index (χ0v) is 17.9. The number of rotatable bonds is 6. The first-order chi connectivity index (χ1) is 14.6. The first-order valence-electron chi connectivity index (χ1n) is 9.74. The number of amides is 2. The van der Waals surface area contributed by atoms with E-state index in [0.717, 1.165) is 22.6 Å². The maximum Gasteiger partial charge on any atom is 0.252 e. The molecule has 0 saturated heterocycles. The minimum Gasteiger partial charge on any atom is -0.348 e. The van der Waals surface area contributed by atoms with Gasteiger partial charge in [-0.1, -0.05) is 54.1 Å². The maximum atomic E-state index is 12.8. The first-order valence-corrected chi connectivity index (χ1v) is 11.1. The van der Waals surface area contributed by atoms with Crippen LogP contribution in [0.3, 0.4) is 0 Å². The molecular formula is C24H21ClN2O2S. The van der Waals surface area contributed by atoms with E-state index in [1.165, 1.54) is 17.3 Å².